The lowest BCUT2D eigenvalue weighted by Crippen LogP contribution is -2.55. The van der Waals surface area contributed by atoms with E-state index in [1.165, 1.54) is 6.92 Å². The van der Waals surface area contributed by atoms with Crippen LogP contribution in [0.4, 0.5) is 22.0 Å². The van der Waals surface area contributed by atoms with Crippen LogP contribution in [0, 0.1) is 35.0 Å². The van der Waals surface area contributed by atoms with Gasteiger partial charge in [-0.1, -0.05) is 13.3 Å². The zero-order valence-corrected chi connectivity index (χ0v) is 18.4. The molecule has 1 heterocycles. The molecule has 8 nitrogen and oxygen atoms in total. The fourth-order valence-electron chi connectivity index (χ4n) is 3.18. The maximum atomic E-state index is 13.5. The number of rotatable bonds is 10. The third kappa shape index (κ3) is 6.84. The fourth-order valence-corrected chi connectivity index (χ4v) is 3.18. The van der Waals surface area contributed by atoms with Gasteiger partial charge in [0.05, 0.1) is 6.10 Å². The molecule has 1 aromatic rings. The smallest absolute Gasteiger partial charge is 0.311 e. The summed E-state index contributed by atoms with van der Waals surface area (Å²) in [7, 11) is 0. The Morgan fingerprint density at radius 2 is 1.50 bits per heavy atom. The highest BCUT2D eigenvalue weighted by Gasteiger charge is 2.43. The van der Waals surface area contributed by atoms with Crippen LogP contribution in [0.1, 0.15) is 39.5 Å². The van der Waals surface area contributed by atoms with Crippen LogP contribution in [-0.2, 0) is 23.8 Å². The van der Waals surface area contributed by atoms with Crippen LogP contribution < -0.4 is 4.74 Å². The van der Waals surface area contributed by atoms with E-state index in [0.29, 0.717) is 12.8 Å². The van der Waals surface area contributed by atoms with Gasteiger partial charge in [-0.3, -0.25) is 9.59 Å². The van der Waals surface area contributed by atoms with Crippen LogP contribution in [0.3, 0.4) is 0 Å². The molecule has 5 atom stereocenters. The second-order valence-corrected chi connectivity index (χ2v) is 7.74. The van der Waals surface area contributed by atoms with E-state index >= 15 is 0 Å². The minimum atomic E-state index is -2.36. The van der Waals surface area contributed by atoms with Gasteiger partial charge in [-0.05, 0) is 12.8 Å². The van der Waals surface area contributed by atoms with Gasteiger partial charge in [0.15, 0.2) is 6.29 Å². The molecule has 34 heavy (non-hydrogen) atoms. The van der Waals surface area contributed by atoms with Crippen molar-refractivity contribution in [3.63, 3.8) is 0 Å². The molecule has 0 saturated carbocycles. The Kier molecular flexibility index (Phi) is 10.2. The highest BCUT2D eigenvalue weighted by Crippen LogP contribution is 2.30. The number of halogens is 5. The summed E-state index contributed by atoms with van der Waals surface area (Å²) in [5.74, 6) is -15.3. The molecule has 5 unspecified atom stereocenters. The van der Waals surface area contributed by atoms with Crippen molar-refractivity contribution in [2.45, 2.75) is 64.1 Å². The SMILES string of the molecule is CC(=O)OCC1OC(OCCCCCC(=O)Oc2c(F)c(F)c(F)c(F)c2F)C(C)C(O)C1O. The van der Waals surface area contributed by atoms with Gasteiger partial charge in [-0.2, -0.15) is 8.78 Å². The number of ether oxygens (including phenoxy) is 4. The number of hydrogen-bond donors (Lipinski definition) is 2. The normalized spacial score (nSPS) is 24.7. The summed E-state index contributed by atoms with van der Waals surface area (Å²) in [5, 5.41) is 20.2. The van der Waals surface area contributed by atoms with Crippen molar-refractivity contribution < 1.29 is 60.7 Å². The summed E-state index contributed by atoms with van der Waals surface area (Å²) in [5.41, 5.74) is 0. The molecule has 0 spiro atoms. The number of aliphatic hydroxyl groups is 2. The lowest BCUT2D eigenvalue weighted by atomic mass is 9.92. The van der Waals surface area contributed by atoms with E-state index < -0.39 is 77.3 Å². The van der Waals surface area contributed by atoms with Crippen molar-refractivity contribution in [3.8, 4) is 5.75 Å². The molecule has 2 N–H and O–H groups in total. The van der Waals surface area contributed by atoms with Crippen LogP contribution in [0.25, 0.3) is 0 Å². The van der Waals surface area contributed by atoms with Gasteiger partial charge in [0.25, 0.3) is 0 Å². The van der Waals surface area contributed by atoms with Crippen molar-refractivity contribution in [3.05, 3.63) is 29.1 Å². The molecular formula is C21H25F5O8. The highest BCUT2D eigenvalue weighted by atomic mass is 19.2. The average Bonchev–Trinajstić information content (AvgIpc) is 2.80. The number of carbonyl (C=O) groups is 2. The van der Waals surface area contributed by atoms with Crippen molar-refractivity contribution in [1.82, 2.24) is 0 Å². The number of hydrogen-bond acceptors (Lipinski definition) is 8. The molecule has 13 heteroatoms. The van der Waals surface area contributed by atoms with Crippen molar-refractivity contribution in [1.29, 1.82) is 0 Å². The Morgan fingerprint density at radius 3 is 2.09 bits per heavy atom. The van der Waals surface area contributed by atoms with E-state index in [2.05, 4.69) is 4.74 Å². The molecule has 0 radical (unpaired) electrons. The van der Waals surface area contributed by atoms with Crippen LogP contribution in [0.15, 0.2) is 0 Å². The molecule has 0 bridgehead atoms. The first-order valence-electron chi connectivity index (χ1n) is 10.4. The summed E-state index contributed by atoms with van der Waals surface area (Å²) >= 11 is 0. The number of esters is 2. The van der Waals surface area contributed by atoms with E-state index in [1.807, 2.05) is 0 Å². The minimum Gasteiger partial charge on any atom is -0.463 e. The molecule has 1 fully saturated rings. The van der Waals surface area contributed by atoms with Crippen molar-refractivity contribution in [2.24, 2.45) is 5.92 Å². The molecule has 1 saturated heterocycles. The summed E-state index contributed by atoms with van der Waals surface area (Å²) in [6.45, 7) is 2.62. The van der Waals surface area contributed by atoms with E-state index in [1.54, 1.807) is 6.92 Å². The topological polar surface area (TPSA) is 112 Å². The summed E-state index contributed by atoms with van der Waals surface area (Å²) in [4.78, 5) is 22.7. The molecule has 192 valence electrons. The maximum Gasteiger partial charge on any atom is 0.311 e. The first-order valence-corrected chi connectivity index (χ1v) is 10.4. The molecule has 1 aromatic carbocycles. The molecule has 2 rings (SSSR count). The fraction of sp³-hybridized carbons (Fsp3) is 0.619. The molecule has 1 aliphatic heterocycles. The Bertz CT molecular complexity index is 854. The van der Waals surface area contributed by atoms with Crippen LogP contribution in [0.2, 0.25) is 0 Å². The third-order valence-corrected chi connectivity index (χ3v) is 5.15. The zero-order chi connectivity index (χ0) is 25.6. The first-order chi connectivity index (χ1) is 16.0. The number of carbonyl (C=O) groups excluding carboxylic acids is 2. The number of unbranched alkanes of at least 4 members (excludes halogenated alkanes) is 2. The van der Waals surface area contributed by atoms with E-state index in [-0.39, 0.29) is 26.1 Å². The Labute approximate surface area is 191 Å². The Morgan fingerprint density at radius 1 is 0.912 bits per heavy atom. The molecular weight excluding hydrogens is 475 g/mol. The minimum absolute atomic E-state index is 0.116. The van der Waals surface area contributed by atoms with E-state index in [4.69, 9.17) is 14.2 Å². The van der Waals surface area contributed by atoms with Gasteiger partial charge in [0, 0.05) is 25.9 Å². The second-order valence-electron chi connectivity index (χ2n) is 7.74. The summed E-state index contributed by atoms with van der Waals surface area (Å²) in [6.07, 6.45) is -3.80. The van der Waals surface area contributed by atoms with E-state index in [9.17, 15) is 41.8 Å². The predicted molar refractivity (Wildman–Crippen MR) is 103 cm³/mol. The average molecular weight is 500 g/mol. The first kappa shape index (κ1) is 27.9. The maximum absolute atomic E-state index is 13.5. The van der Waals surface area contributed by atoms with Gasteiger partial charge in [-0.15, -0.1) is 0 Å². The van der Waals surface area contributed by atoms with E-state index in [0.717, 1.165) is 0 Å². The van der Waals surface area contributed by atoms with Crippen molar-refractivity contribution in [2.75, 3.05) is 13.2 Å². The quantitative estimate of drug-likeness (QED) is 0.126. The van der Waals surface area contributed by atoms with Crippen LogP contribution in [0.5, 0.6) is 5.75 Å². The molecule has 0 aromatic heterocycles. The molecule has 0 amide bonds. The van der Waals surface area contributed by atoms with Gasteiger partial charge in [0.2, 0.25) is 34.8 Å². The van der Waals surface area contributed by atoms with Gasteiger partial charge in [0.1, 0.15) is 18.8 Å². The largest absolute Gasteiger partial charge is 0.463 e. The third-order valence-electron chi connectivity index (χ3n) is 5.15. The Balaban J connectivity index is 1.75. The lowest BCUT2D eigenvalue weighted by molar-refractivity contribution is -0.283. The summed E-state index contributed by atoms with van der Waals surface area (Å²) in [6, 6.07) is 0. The second kappa shape index (κ2) is 12.4. The molecule has 0 aliphatic carbocycles. The highest BCUT2D eigenvalue weighted by molar-refractivity contribution is 5.72. The number of aliphatic hydroxyl groups excluding tert-OH is 2. The van der Waals surface area contributed by atoms with Gasteiger partial charge >= 0.3 is 11.9 Å². The van der Waals surface area contributed by atoms with Crippen LogP contribution in [-0.4, -0.2) is 60.0 Å². The number of benzene rings is 1. The standard InChI is InChI=1S/C21H25F5O8/c1-9-18(29)19(30)11(8-32-10(2)27)33-21(9)31-7-5-3-4-6-12(28)34-20-16(25)14(23)13(22)15(24)17(20)26/h9,11,18-19,21,29-30H,3-8H2,1-2H3. The van der Waals surface area contributed by atoms with Gasteiger partial charge < -0.3 is 29.2 Å². The zero-order valence-electron chi connectivity index (χ0n) is 18.4. The monoisotopic (exact) mass is 500 g/mol. The molecule has 1 aliphatic rings. The van der Waals surface area contributed by atoms with Crippen LogP contribution >= 0.6 is 0 Å². The van der Waals surface area contributed by atoms with Gasteiger partial charge in [-0.25, -0.2) is 13.2 Å². The predicted octanol–water partition coefficient (Wildman–Crippen LogP) is 2.51. The lowest BCUT2D eigenvalue weighted by Gasteiger charge is -2.41. The summed E-state index contributed by atoms with van der Waals surface area (Å²) < 4.78 is 86.6. The van der Waals surface area contributed by atoms with Crippen molar-refractivity contribution >= 4 is 11.9 Å². The Hall–Kier alpha value is -2.35.